The van der Waals surface area contributed by atoms with Crippen molar-refractivity contribution in [2.24, 2.45) is 5.84 Å². The highest BCUT2D eigenvalue weighted by Gasteiger charge is 2.56. The van der Waals surface area contributed by atoms with Crippen LogP contribution < -0.4 is 21.1 Å². The second-order valence-corrected chi connectivity index (χ2v) is 14.2. The van der Waals surface area contributed by atoms with Gasteiger partial charge in [-0.1, -0.05) is 25.1 Å². The minimum atomic E-state index is -3.65. The van der Waals surface area contributed by atoms with Crippen molar-refractivity contribution >= 4 is 39.1 Å². The van der Waals surface area contributed by atoms with Gasteiger partial charge < -0.3 is 15.0 Å². The van der Waals surface area contributed by atoms with Crippen molar-refractivity contribution in [1.29, 1.82) is 0 Å². The number of rotatable bonds is 10. The predicted octanol–water partition coefficient (Wildman–Crippen LogP) is 4.21. The molecular formula is C33H43N7O4S. The number of nitrogens with one attached hydrogen (secondary N) is 1. The average molecular weight is 634 g/mol. The number of piperazine rings is 1. The van der Waals surface area contributed by atoms with Crippen molar-refractivity contribution in [3.05, 3.63) is 71.6 Å². The van der Waals surface area contributed by atoms with Gasteiger partial charge in [0.2, 0.25) is 10.0 Å². The van der Waals surface area contributed by atoms with E-state index in [1.807, 2.05) is 38.1 Å². The third-order valence-electron chi connectivity index (χ3n) is 9.01. The predicted molar refractivity (Wildman–Crippen MR) is 176 cm³/mol. The molecule has 1 saturated carbocycles. The standard InChI is InChI=1S/C33H43N7O4S/c1-4-7-25-19-30(37-14-15-39(33(23-37)11-12-33)45(42,43)29-20-35-38(21-29)13-5-2)24(3)17-31(25)40(34)28-9-6-8-26(18-28)32(41)36-27-10-16-44-22-27/h4,6-9,17-21,27H,5,10-16,22-23,34H2,1-3H3,(H,36,41)/b7-4-. The maximum absolute atomic E-state index is 13.7. The summed E-state index contributed by atoms with van der Waals surface area (Å²) >= 11 is 0. The molecule has 12 heteroatoms. The quantitative estimate of drug-likeness (QED) is 0.251. The molecule has 3 fully saturated rings. The molecule has 240 valence electrons. The monoisotopic (exact) mass is 633 g/mol. The van der Waals surface area contributed by atoms with Crippen LogP contribution in [0.1, 0.15) is 61.0 Å². The van der Waals surface area contributed by atoms with Gasteiger partial charge in [-0.25, -0.2) is 14.3 Å². The Hall–Kier alpha value is -3.71. The van der Waals surface area contributed by atoms with Gasteiger partial charge in [-0.2, -0.15) is 9.40 Å². The number of amides is 1. The summed E-state index contributed by atoms with van der Waals surface area (Å²) in [4.78, 5) is 15.5. The first kappa shape index (κ1) is 31.3. The number of hydrazine groups is 1. The van der Waals surface area contributed by atoms with Gasteiger partial charge in [0.1, 0.15) is 4.90 Å². The van der Waals surface area contributed by atoms with Crippen molar-refractivity contribution in [1.82, 2.24) is 19.4 Å². The highest BCUT2D eigenvalue weighted by molar-refractivity contribution is 7.89. The lowest BCUT2D eigenvalue weighted by Crippen LogP contribution is -2.57. The lowest BCUT2D eigenvalue weighted by molar-refractivity contribution is 0.0930. The van der Waals surface area contributed by atoms with E-state index in [2.05, 4.69) is 34.4 Å². The number of aromatic nitrogens is 2. The Morgan fingerprint density at radius 2 is 2.07 bits per heavy atom. The lowest BCUT2D eigenvalue weighted by atomic mass is 10.0. The summed E-state index contributed by atoms with van der Waals surface area (Å²) in [6.07, 6.45) is 10.5. The Labute approximate surface area is 265 Å². The Morgan fingerprint density at radius 1 is 1.24 bits per heavy atom. The number of benzene rings is 2. The summed E-state index contributed by atoms with van der Waals surface area (Å²) in [6, 6.07) is 11.5. The van der Waals surface area contributed by atoms with Crippen molar-refractivity contribution < 1.29 is 17.9 Å². The second-order valence-electron chi connectivity index (χ2n) is 12.3. The fraction of sp³-hybridized carbons (Fsp3) is 0.455. The first-order chi connectivity index (χ1) is 21.6. The summed E-state index contributed by atoms with van der Waals surface area (Å²) in [5, 5.41) is 8.93. The molecule has 1 unspecified atom stereocenters. The first-order valence-electron chi connectivity index (χ1n) is 15.8. The lowest BCUT2D eigenvalue weighted by Gasteiger charge is -2.42. The van der Waals surface area contributed by atoms with Crippen LogP contribution in [0.5, 0.6) is 0 Å². The van der Waals surface area contributed by atoms with Gasteiger partial charge in [0, 0.05) is 55.8 Å². The molecule has 6 rings (SSSR count). The van der Waals surface area contributed by atoms with E-state index in [9.17, 15) is 13.2 Å². The Bertz CT molecular complexity index is 1690. The summed E-state index contributed by atoms with van der Waals surface area (Å²) in [7, 11) is -3.65. The molecule has 3 aliphatic rings. The van der Waals surface area contributed by atoms with Crippen LogP contribution in [0.2, 0.25) is 0 Å². The number of sulfonamides is 1. The summed E-state index contributed by atoms with van der Waals surface area (Å²) in [5.74, 6) is 6.58. The van der Waals surface area contributed by atoms with Crippen molar-refractivity contribution in [2.45, 2.75) is 69.5 Å². The van der Waals surface area contributed by atoms with Crippen molar-refractivity contribution in [2.75, 3.05) is 42.8 Å². The van der Waals surface area contributed by atoms with Gasteiger partial charge in [0.15, 0.2) is 0 Å². The maximum Gasteiger partial charge on any atom is 0.251 e. The maximum atomic E-state index is 13.7. The van der Waals surface area contributed by atoms with E-state index in [0.29, 0.717) is 50.6 Å². The van der Waals surface area contributed by atoms with Gasteiger partial charge >= 0.3 is 0 Å². The van der Waals surface area contributed by atoms with Crippen LogP contribution in [0.4, 0.5) is 17.1 Å². The number of ether oxygens (including phenoxy) is 1. The van der Waals surface area contributed by atoms with Gasteiger partial charge in [-0.15, -0.1) is 0 Å². The largest absolute Gasteiger partial charge is 0.379 e. The van der Waals surface area contributed by atoms with Gasteiger partial charge in [0.25, 0.3) is 5.91 Å². The number of anilines is 3. The number of carbonyl (C=O) groups is 1. The van der Waals surface area contributed by atoms with E-state index in [1.165, 1.54) is 6.20 Å². The number of allylic oxidation sites excluding steroid dienone is 1. The topological polar surface area (TPSA) is 126 Å². The zero-order valence-electron chi connectivity index (χ0n) is 26.3. The van der Waals surface area contributed by atoms with Crippen LogP contribution in [-0.2, 0) is 21.3 Å². The molecule has 0 radical (unpaired) electrons. The van der Waals surface area contributed by atoms with E-state index in [0.717, 1.165) is 48.2 Å². The summed E-state index contributed by atoms with van der Waals surface area (Å²) in [6.45, 7) is 9.56. The SMILES string of the molecule is C/C=C\c1cc(N2CCN(S(=O)(=O)c3cnn(CCC)c3)C3(CC3)C2)c(C)cc1N(N)c1cccc(C(=O)NC2CCOC2)c1. The second kappa shape index (κ2) is 12.6. The first-order valence-corrected chi connectivity index (χ1v) is 17.2. The highest BCUT2D eigenvalue weighted by Crippen LogP contribution is 2.48. The Balaban J connectivity index is 1.23. The van der Waals surface area contributed by atoms with Gasteiger partial charge in [-0.05, 0) is 75.4 Å². The zero-order chi connectivity index (χ0) is 31.8. The molecule has 2 aromatic carbocycles. The van der Waals surface area contributed by atoms with Crippen LogP contribution in [0.3, 0.4) is 0 Å². The van der Waals surface area contributed by atoms with Crippen LogP contribution >= 0.6 is 0 Å². The fourth-order valence-corrected chi connectivity index (χ4v) is 8.23. The van der Waals surface area contributed by atoms with E-state index in [1.54, 1.807) is 32.3 Å². The molecule has 1 aromatic heterocycles. The number of aryl methyl sites for hydroxylation is 2. The van der Waals surface area contributed by atoms with Crippen LogP contribution in [-0.4, -0.2) is 72.8 Å². The summed E-state index contributed by atoms with van der Waals surface area (Å²) in [5.41, 5.74) is 4.66. The number of hydrogen-bond acceptors (Lipinski definition) is 8. The summed E-state index contributed by atoms with van der Waals surface area (Å²) < 4.78 is 36.2. The molecule has 3 aromatic rings. The average Bonchev–Trinajstić information content (AvgIpc) is 3.37. The van der Waals surface area contributed by atoms with E-state index < -0.39 is 15.6 Å². The molecule has 3 N–H and O–H groups in total. The molecular weight excluding hydrogens is 590 g/mol. The molecule has 2 aliphatic heterocycles. The molecule has 1 amide bonds. The third kappa shape index (κ3) is 6.24. The molecule has 45 heavy (non-hydrogen) atoms. The fourth-order valence-electron chi connectivity index (χ4n) is 6.46. The molecule has 1 spiro atoms. The molecule has 3 heterocycles. The third-order valence-corrected chi connectivity index (χ3v) is 11.0. The van der Waals surface area contributed by atoms with E-state index in [4.69, 9.17) is 10.6 Å². The van der Waals surface area contributed by atoms with Crippen LogP contribution in [0.15, 0.2) is 59.8 Å². The van der Waals surface area contributed by atoms with Gasteiger partial charge in [-0.3, -0.25) is 14.5 Å². The van der Waals surface area contributed by atoms with Gasteiger partial charge in [0.05, 0.1) is 35.8 Å². The molecule has 11 nitrogen and oxygen atoms in total. The minimum Gasteiger partial charge on any atom is -0.379 e. The highest BCUT2D eigenvalue weighted by atomic mass is 32.2. The van der Waals surface area contributed by atoms with E-state index >= 15 is 0 Å². The molecule has 1 aliphatic carbocycles. The molecule has 2 saturated heterocycles. The Morgan fingerprint density at radius 3 is 2.78 bits per heavy atom. The van der Waals surface area contributed by atoms with Crippen LogP contribution in [0.25, 0.3) is 6.08 Å². The normalized spacial score (nSPS) is 19.8. The minimum absolute atomic E-state index is 0.0215. The van der Waals surface area contributed by atoms with Crippen molar-refractivity contribution in [3.8, 4) is 0 Å². The van der Waals surface area contributed by atoms with Crippen LogP contribution in [0, 0.1) is 6.92 Å². The molecule has 0 bridgehead atoms. The number of hydrogen-bond donors (Lipinski definition) is 2. The number of nitrogens with two attached hydrogens (primary N) is 1. The zero-order valence-corrected chi connectivity index (χ0v) is 27.1. The smallest absolute Gasteiger partial charge is 0.251 e. The Kier molecular flexibility index (Phi) is 8.75. The van der Waals surface area contributed by atoms with Crippen molar-refractivity contribution in [3.63, 3.8) is 0 Å². The molecule has 1 atom stereocenters. The van der Waals surface area contributed by atoms with E-state index in [-0.39, 0.29) is 16.8 Å². The number of nitrogens with zero attached hydrogens (tertiary/aromatic N) is 5. The number of carbonyl (C=O) groups excluding carboxylic acids is 1.